The Morgan fingerprint density at radius 1 is 1.26 bits per heavy atom. The summed E-state index contributed by atoms with van der Waals surface area (Å²) >= 11 is 6.15. The molecule has 0 amide bonds. The molecule has 5 nitrogen and oxygen atoms in total. The molecule has 0 atom stereocenters. The van der Waals surface area contributed by atoms with Crippen molar-refractivity contribution in [1.82, 2.24) is 4.98 Å². The fourth-order valence-electron chi connectivity index (χ4n) is 1.74. The first-order valence-corrected chi connectivity index (χ1v) is 6.06. The topological polar surface area (TPSA) is 66.6 Å². The van der Waals surface area contributed by atoms with E-state index in [-0.39, 0.29) is 6.79 Å². The molecular weight excluding hydrogens is 268 g/mol. The summed E-state index contributed by atoms with van der Waals surface area (Å²) < 4.78 is 16.1. The second-order valence-electron chi connectivity index (χ2n) is 3.91. The summed E-state index contributed by atoms with van der Waals surface area (Å²) in [5.41, 5.74) is 6.37. The molecule has 2 heterocycles. The monoisotopic (exact) mass is 278 g/mol. The standard InChI is InChI=1S/C13H11ClN2O3/c14-12-8(6-15)3-4-16-13(12)19-9-1-2-10-11(5-9)18-7-17-10/h1-5H,6-7,15H2. The van der Waals surface area contributed by atoms with Crippen LogP contribution in [-0.2, 0) is 6.54 Å². The number of ether oxygens (including phenoxy) is 3. The van der Waals surface area contributed by atoms with Crippen LogP contribution in [0.1, 0.15) is 5.56 Å². The van der Waals surface area contributed by atoms with E-state index in [1.807, 2.05) is 0 Å². The van der Waals surface area contributed by atoms with Crippen molar-refractivity contribution in [3.63, 3.8) is 0 Å². The van der Waals surface area contributed by atoms with Gasteiger partial charge in [0.2, 0.25) is 12.7 Å². The SMILES string of the molecule is NCc1ccnc(Oc2ccc3c(c2)OCO3)c1Cl. The summed E-state index contributed by atoms with van der Waals surface area (Å²) in [6.45, 7) is 0.555. The lowest BCUT2D eigenvalue weighted by atomic mass is 10.2. The van der Waals surface area contributed by atoms with Gasteiger partial charge in [0.25, 0.3) is 0 Å². The average molecular weight is 279 g/mol. The first kappa shape index (κ1) is 12.1. The lowest BCUT2D eigenvalue weighted by Gasteiger charge is -2.09. The van der Waals surface area contributed by atoms with E-state index >= 15 is 0 Å². The van der Waals surface area contributed by atoms with Crippen LogP contribution in [-0.4, -0.2) is 11.8 Å². The van der Waals surface area contributed by atoms with E-state index in [1.165, 1.54) is 0 Å². The minimum absolute atomic E-state index is 0.223. The Morgan fingerprint density at radius 3 is 2.95 bits per heavy atom. The van der Waals surface area contributed by atoms with Crippen molar-refractivity contribution in [2.45, 2.75) is 6.54 Å². The van der Waals surface area contributed by atoms with Gasteiger partial charge in [-0.05, 0) is 23.8 Å². The van der Waals surface area contributed by atoms with Crippen LogP contribution in [0.25, 0.3) is 0 Å². The number of aromatic nitrogens is 1. The van der Waals surface area contributed by atoms with E-state index in [4.69, 9.17) is 31.5 Å². The highest BCUT2D eigenvalue weighted by molar-refractivity contribution is 6.32. The van der Waals surface area contributed by atoms with Crippen molar-refractivity contribution in [1.29, 1.82) is 0 Å². The summed E-state index contributed by atoms with van der Waals surface area (Å²) in [6, 6.07) is 7.03. The molecule has 19 heavy (non-hydrogen) atoms. The number of fused-ring (bicyclic) bond motifs is 1. The molecule has 0 unspecified atom stereocenters. The van der Waals surface area contributed by atoms with Crippen LogP contribution in [0.5, 0.6) is 23.1 Å². The van der Waals surface area contributed by atoms with Crippen molar-refractivity contribution in [2.24, 2.45) is 5.73 Å². The maximum atomic E-state index is 6.15. The van der Waals surface area contributed by atoms with Crippen molar-refractivity contribution in [3.05, 3.63) is 41.0 Å². The Labute approximate surface area is 114 Å². The van der Waals surface area contributed by atoms with Gasteiger partial charge in [-0.25, -0.2) is 4.98 Å². The van der Waals surface area contributed by atoms with Crippen LogP contribution in [0.2, 0.25) is 5.02 Å². The molecule has 0 fully saturated rings. The molecule has 3 rings (SSSR count). The molecule has 2 aromatic rings. The number of halogens is 1. The number of hydrogen-bond acceptors (Lipinski definition) is 5. The molecule has 0 spiro atoms. The number of nitrogens with zero attached hydrogens (tertiary/aromatic N) is 1. The maximum absolute atomic E-state index is 6.15. The molecule has 1 aromatic carbocycles. The number of nitrogens with two attached hydrogens (primary N) is 1. The predicted octanol–water partition coefficient (Wildman–Crippen LogP) is 2.71. The van der Waals surface area contributed by atoms with E-state index in [0.717, 1.165) is 5.56 Å². The molecule has 1 aliphatic heterocycles. The molecule has 0 aliphatic carbocycles. The second kappa shape index (κ2) is 4.95. The smallest absolute Gasteiger partial charge is 0.238 e. The van der Waals surface area contributed by atoms with Gasteiger partial charge in [-0.3, -0.25) is 0 Å². The van der Waals surface area contributed by atoms with Crippen molar-refractivity contribution in [2.75, 3.05) is 6.79 Å². The van der Waals surface area contributed by atoms with Gasteiger partial charge in [0, 0.05) is 18.8 Å². The number of hydrogen-bond donors (Lipinski definition) is 1. The highest BCUT2D eigenvalue weighted by atomic mass is 35.5. The molecule has 2 N–H and O–H groups in total. The van der Waals surface area contributed by atoms with Crippen LogP contribution in [0, 0.1) is 0 Å². The Morgan fingerprint density at radius 2 is 2.11 bits per heavy atom. The molecule has 0 saturated heterocycles. The summed E-state index contributed by atoms with van der Waals surface area (Å²) in [5.74, 6) is 2.24. The van der Waals surface area contributed by atoms with Crippen LogP contribution < -0.4 is 19.9 Å². The lowest BCUT2D eigenvalue weighted by Crippen LogP contribution is -1.99. The van der Waals surface area contributed by atoms with Crippen molar-refractivity contribution < 1.29 is 14.2 Å². The Balaban J connectivity index is 1.89. The number of rotatable bonds is 3. The van der Waals surface area contributed by atoms with Gasteiger partial charge in [-0.15, -0.1) is 0 Å². The largest absolute Gasteiger partial charge is 0.454 e. The second-order valence-corrected chi connectivity index (χ2v) is 4.29. The van der Waals surface area contributed by atoms with Gasteiger partial charge in [-0.1, -0.05) is 11.6 Å². The fourth-order valence-corrected chi connectivity index (χ4v) is 1.97. The van der Waals surface area contributed by atoms with Crippen LogP contribution in [0.15, 0.2) is 30.5 Å². The molecule has 0 saturated carbocycles. The molecule has 0 radical (unpaired) electrons. The lowest BCUT2D eigenvalue weighted by molar-refractivity contribution is 0.174. The number of pyridine rings is 1. The van der Waals surface area contributed by atoms with Gasteiger partial charge >= 0.3 is 0 Å². The highest BCUT2D eigenvalue weighted by Crippen LogP contribution is 2.37. The van der Waals surface area contributed by atoms with Crippen LogP contribution >= 0.6 is 11.6 Å². The molecule has 98 valence electrons. The van der Waals surface area contributed by atoms with Gasteiger partial charge in [-0.2, -0.15) is 0 Å². The Hall–Kier alpha value is -1.98. The van der Waals surface area contributed by atoms with Gasteiger partial charge in [0.05, 0.1) is 0 Å². The normalized spacial score (nSPS) is 12.5. The van der Waals surface area contributed by atoms with E-state index in [2.05, 4.69) is 4.98 Å². The zero-order chi connectivity index (χ0) is 13.2. The average Bonchev–Trinajstić information content (AvgIpc) is 2.88. The zero-order valence-electron chi connectivity index (χ0n) is 9.93. The molecular formula is C13H11ClN2O3. The Bertz CT molecular complexity index is 619. The predicted molar refractivity (Wildman–Crippen MR) is 69.8 cm³/mol. The van der Waals surface area contributed by atoms with Gasteiger partial charge < -0.3 is 19.9 Å². The number of benzene rings is 1. The molecule has 6 heteroatoms. The summed E-state index contributed by atoms with van der Waals surface area (Å²) in [5, 5.41) is 0.419. The van der Waals surface area contributed by atoms with Gasteiger partial charge in [0.15, 0.2) is 11.5 Å². The van der Waals surface area contributed by atoms with Crippen molar-refractivity contribution in [3.8, 4) is 23.1 Å². The van der Waals surface area contributed by atoms with Gasteiger partial charge in [0.1, 0.15) is 10.8 Å². The maximum Gasteiger partial charge on any atom is 0.238 e. The molecule has 0 bridgehead atoms. The van der Waals surface area contributed by atoms with Crippen LogP contribution in [0.4, 0.5) is 0 Å². The van der Waals surface area contributed by atoms with E-state index in [0.29, 0.717) is 34.7 Å². The summed E-state index contributed by atoms with van der Waals surface area (Å²) in [4.78, 5) is 4.09. The minimum Gasteiger partial charge on any atom is -0.454 e. The third-order valence-electron chi connectivity index (χ3n) is 2.72. The molecule has 1 aliphatic rings. The third kappa shape index (κ3) is 2.30. The fraction of sp³-hybridized carbons (Fsp3) is 0.154. The van der Waals surface area contributed by atoms with Crippen molar-refractivity contribution >= 4 is 11.6 Å². The van der Waals surface area contributed by atoms with Crippen LogP contribution in [0.3, 0.4) is 0 Å². The quantitative estimate of drug-likeness (QED) is 0.935. The zero-order valence-corrected chi connectivity index (χ0v) is 10.7. The van der Waals surface area contributed by atoms with E-state index < -0.39 is 0 Å². The minimum atomic E-state index is 0.223. The first-order chi connectivity index (χ1) is 9.28. The Kier molecular flexibility index (Phi) is 3.15. The van der Waals surface area contributed by atoms with E-state index in [9.17, 15) is 0 Å². The summed E-state index contributed by atoms with van der Waals surface area (Å²) in [7, 11) is 0. The first-order valence-electron chi connectivity index (χ1n) is 5.69. The third-order valence-corrected chi connectivity index (χ3v) is 3.12. The summed E-state index contributed by atoms with van der Waals surface area (Å²) in [6.07, 6.45) is 1.61. The highest BCUT2D eigenvalue weighted by Gasteiger charge is 2.15. The van der Waals surface area contributed by atoms with E-state index in [1.54, 1.807) is 30.5 Å². The molecule has 1 aromatic heterocycles.